The van der Waals surface area contributed by atoms with Crippen molar-refractivity contribution in [3.8, 4) is 51.5 Å². The molecule has 14 rings (SSSR count). The van der Waals surface area contributed by atoms with Crippen LogP contribution in [-0.4, -0.2) is 39.5 Å². The minimum atomic E-state index is 0.202. The lowest BCUT2D eigenvalue weighted by Gasteiger charge is -2.11. The molecule has 14 aromatic rings. The highest BCUT2D eigenvalue weighted by Crippen LogP contribution is 2.38. The fourth-order valence-electron chi connectivity index (χ4n) is 8.76. The molecule has 0 saturated carbocycles. The number of aromatic amines is 1. The molecule has 0 aliphatic heterocycles. The molecule has 0 aliphatic carbocycles. The normalized spacial score (nSPS) is 11.3. The van der Waals surface area contributed by atoms with Crippen molar-refractivity contribution in [2.45, 2.75) is 0 Å². The average molecular weight is 946 g/mol. The Morgan fingerprint density at radius 3 is 1.38 bits per heavy atom. The van der Waals surface area contributed by atoms with Crippen LogP contribution in [0.25, 0.3) is 115 Å². The molecule has 0 aliphatic rings. The number of hydrogen-bond acceptors (Lipinski definition) is 8. The van der Waals surface area contributed by atoms with Gasteiger partial charge in [0, 0.05) is 69.5 Å². The Morgan fingerprint density at radius 1 is 0.362 bits per heavy atom. The molecule has 0 saturated heterocycles. The second-order valence-electron chi connectivity index (χ2n) is 16.1. The third-order valence-corrected chi connectivity index (χ3v) is 13.9. The molecule has 8 aromatic carbocycles. The molecule has 0 amide bonds. The van der Waals surface area contributed by atoms with E-state index in [2.05, 4.69) is 120 Å². The molecule has 0 atom stereocenters. The average Bonchev–Trinajstić information content (AvgIpc) is 4.24. The maximum absolute atomic E-state index is 5.99. The van der Waals surface area contributed by atoms with Crippen LogP contribution in [0.1, 0.15) is 0 Å². The summed E-state index contributed by atoms with van der Waals surface area (Å²) in [7, 11) is 0. The predicted molar refractivity (Wildman–Crippen MR) is 287 cm³/mol. The van der Waals surface area contributed by atoms with E-state index in [0.717, 1.165) is 33.3 Å². The fourth-order valence-corrected chi connectivity index (χ4v) is 10.5. The highest BCUT2D eigenvalue weighted by molar-refractivity contribution is 7.17. The van der Waals surface area contributed by atoms with Crippen LogP contribution in [0.3, 0.4) is 0 Å². The summed E-state index contributed by atoms with van der Waals surface area (Å²) in [4.78, 5) is 31.2. The Bertz CT molecular complexity index is 3980. The van der Waals surface area contributed by atoms with E-state index < -0.39 is 0 Å². The van der Waals surface area contributed by atoms with Crippen LogP contribution < -0.4 is 0 Å². The van der Waals surface area contributed by atoms with Crippen LogP contribution in [0.2, 0.25) is 5.28 Å². The number of fused-ring (bicyclic) bond motifs is 10. The van der Waals surface area contributed by atoms with E-state index in [0.29, 0.717) is 29.2 Å². The Morgan fingerprint density at radius 2 is 0.812 bits per heavy atom. The number of aromatic nitrogens is 8. The highest BCUT2D eigenvalue weighted by Gasteiger charge is 2.20. The molecule has 69 heavy (non-hydrogen) atoms. The largest absolute Gasteiger partial charge is 0.354 e. The summed E-state index contributed by atoms with van der Waals surface area (Å²) in [5.74, 6) is 3.11. The smallest absolute Gasteiger partial charge is 0.238 e. The molecular formula is C58H37ClN8S2. The zero-order valence-electron chi connectivity index (χ0n) is 36.6. The van der Waals surface area contributed by atoms with E-state index in [-0.39, 0.29) is 5.28 Å². The number of hydrogen-bond donors (Lipinski definition) is 1. The number of nitrogens with one attached hydrogen (secondary N) is 1. The molecule has 0 radical (unpaired) electrons. The van der Waals surface area contributed by atoms with Gasteiger partial charge in [-0.1, -0.05) is 170 Å². The van der Waals surface area contributed by atoms with E-state index in [1.54, 1.807) is 22.7 Å². The van der Waals surface area contributed by atoms with Crippen molar-refractivity contribution in [3.05, 3.63) is 222 Å². The van der Waals surface area contributed by atoms with Gasteiger partial charge in [-0.05, 0) is 58.8 Å². The summed E-state index contributed by atoms with van der Waals surface area (Å²) < 4.78 is 4.79. The van der Waals surface area contributed by atoms with E-state index in [4.69, 9.17) is 26.6 Å². The van der Waals surface area contributed by atoms with Gasteiger partial charge in [0.25, 0.3) is 0 Å². The fraction of sp³-hybridized carbons (Fsp3) is 0. The number of thiophene rings is 2. The third-order valence-electron chi connectivity index (χ3n) is 11.9. The van der Waals surface area contributed by atoms with Crippen LogP contribution in [0, 0.1) is 0 Å². The first-order valence-electron chi connectivity index (χ1n) is 22.3. The lowest BCUT2D eigenvalue weighted by Crippen LogP contribution is -2.06. The molecule has 6 aromatic heterocycles. The van der Waals surface area contributed by atoms with Gasteiger partial charge in [-0.15, -0.1) is 22.7 Å². The molecule has 0 fully saturated rings. The second-order valence-corrected chi connectivity index (χ2v) is 18.4. The first kappa shape index (κ1) is 42.0. The van der Waals surface area contributed by atoms with Gasteiger partial charge in [-0.2, -0.15) is 19.9 Å². The second kappa shape index (κ2) is 18.3. The third kappa shape index (κ3) is 8.16. The van der Waals surface area contributed by atoms with Crippen molar-refractivity contribution in [1.29, 1.82) is 0 Å². The van der Waals surface area contributed by atoms with Gasteiger partial charge >= 0.3 is 0 Å². The Balaban J connectivity index is 0.000000118. The number of H-pyrrole nitrogens is 1. The number of halogens is 1. The van der Waals surface area contributed by atoms with E-state index in [9.17, 15) is 0 Å². The molecule has 0 unspecified atom stereocenters. The van der Waals surface area contributed by atoms with Gasteiger partial charge in [-0.3, -0.25) is 4.57 Å². The summed E-state index contributed by atoms with van der Waals surface area (Å²) >= 11 is 9.53. The van der Waals surface area contributed by atoms with Crippen molar-refractivity contribution in [3.63, 3.8) is 0 Å². The maximum atomic E-state index is 5.99. The molecule has 6 heterocycles. The SMILES string of the molecule is Clc1nc(-c2ccccc2)nc(-c2ccccc2)n1.c1ccc(-c2nc(-c3ccccc3)nc(-n3c4ccccc4c4ccc5sccc5c43)n2)cc1.c1ccc2c(c1)[nH]c1c3ccsc3ccc21. The monoisotopic (exact) mass is 944 g/mol. The molecule has 8 nitrogen and oxygen atoms in total. The van der Waals surface area contributed by atoms with Crippen LogP contribution in [0.5, 0.6) is 0 Å². The Hall–Kier alpha value is -8.41. The van der Waals surface area contributed by atoms with Gasteiger partial charge in [0.15, 0.2) is 23.3 Å². The molecule has 0 spiro atoms. The molecule has 1 N–H and O–H groups in total. The zero-order valence-corrected chi connectivity index (χ0v) is 39.0. The predicted octanol–water partition coefficient (Wildman–Crippen LogP) is 15.9. The van der Waals surface area contributed by atoms with E-state index in [1.807, 2.05) is 121 Å². The molecule has 11 heteroatoms. The number of nitrogens with zero attached hydrogens (tertiary/aromatic N) is 7. The van der Waals surface area contributed by atoms with Gasteiger partial charge in [-0.25, -0.2) is 9.97 Å². The number of rotatable bonds is 5. The summed E-state index contributed by atoms with van der Waals surface area (Å²) in [6.07, 6.45) is 0. The number of para-hydroxylation sites is 2. The van der Waals surface area contributed by atoms with Crippen LogP contribution >= 0.6 is 34.3 Å². The lowest BCUT2D eigenvalue weighted by molar-refractivity contribution is 0.955. The minimum Gasteiger partial charge on any atom is -0.354 e. The first-order chi connectivity index (χ1) is 34.1. The van der Waals surface area contributed by atoms with Crippen molar-refractivity contribution < 1.29 is 0 Å². The lowest BCUT2D eigenvalue weighted by atomic mass is 10.1. The van der Waals surface area contributed by atoms with Crippen molar-refractivity contribution in [1.82, 2.24) is 39.5 Å². The minimum absolute atomic E-state index is 0.202. The Labute approximate surface area is 408 Å². The standard InChI is InChI=1S/C29H18N4S.C15H10ClN3.C14H9NS/c1-3-9-19(10-4-1)27-30-28(20-11-5-2-6-12-20)32-29(31-27)33-24-14-8-7-13-21(24)22-15-16-25-23(26(22)33)17-18-34-25;16-15-18-13(11-7-3-1-4-8-11)17-14(19-15)12-9-5-2-6-10-12;1-2-4-12-9(3-1)10-5-6-13-11(7-8-16-13)14(10)15-12/h1-18H;1-10H;1-8,15H. The Kier molecular flexibility index (Phi) is 11.2. The zero-order chi connectivity index (χ0) is 46.1. The molecular weight excluding hydrogens is 908 g/mol. The quantitative estimate of drug-likeness (QED) is 0.185. The molecule has 328 valence electrons. The van der Waals surface area contributed by atoms with Crippen molar-refractivity contribution in [2.24, 2.45) is 0 Å². The van der Waals surface area contributed by atoms with Gasteiger partial charge in [0.2, 0.25) is 11.2 Å². The van der Waals surface area contributed by atoms with Crippen LogP contribution in [0.15, 0.2) is 217 Å². The first-order valence-corrected chi connectivity index (χ1v) is 24.4. The van der Waals surface area contributed by atoms with Crippen LogP contribution in [-0.2, 0) is 0 Å². The van der Waals surface area contributed by atoms with Gasteiger partial charge in [0.05, 0.1) is 16.6 Å². The van der Waals surface area contributed by atoms with Crippen LogP contribution in [0.4, 0.5) is 0 Å². The summed E-state index contributed by atoms with van der Waals surface area (Å²) in [6.45, 7) is 0. The van der Waals surface area contributed by atoms with E-state index in [1.165, 1.54) is 52.8 Å². The van der Waals surface area contributed by atoms with Crippen molar-refractivity contribution in [2.75, 3.05) is 0 Å². The highest BCUT2D eigenvalue weighted by atomic mass is 35.5. The number of benzene rings is 8. The summed E-state index contributed by atoms with van der Waals surface area (Å²) in [5.41, 5.74) is 8.46. The molecule has 0 bridgehead atoms. The maximum Gasteiger partial charge on any atom is 0.238 e. The summed E-state index contributed by atoms with van der Waals surface area (Å²) in [6, 6.07) is 69.8. The topological polar surface area (TPSA) is 98.1 Å². The summed E-state index contributed by atoms with van der Waals surface area (Å²) in [5, 5.41) is 12.1. The van der Waals surface area contributed by atoms with Gasteiger partial charge in [0.1, 0.15) is 0 Å². The van der Waals surface area contributed by atoms with E-state index >= 15 is 0 Å². The van der Waals surface area contributed by atoms with Crippen molar-refractivity contribution >= 4 is 98.1 Å². The van der Waals surface area contributed by atoms with Gasteiger partial charge < -0.3 is 4.98 Å².